The van der Waals surface area contributed by atoms with Gasteiger partial charge in [-0.15, -0.1) is 0 Å². The summed E-state index contributed by atoms with van der Waals surface area (Å²) in [6, 6.07) is 7.38. The molecule has 15 heavy (non-hydrogen) atoms. The number of benzene rings is 1. The van der Waals surface area contributed by atoms with Gasteiger partial charge in [0.1, 0.15) is 0 Å². The molecule has 0 radical (unpaired) electrons. The number of nitrogens with two attached hydrogens (primary N) is 1. The van der Waals surface area contributed by atoms with Crippen LogP contribution in [0.15, 0.2) is 24.3 Å². The first-order valence-electron chi connectivity index (χ1n) is 4.63. The molecule has 4 N–H and O–H groups in total. The summed E-state index contributed by atoms with van der Waals surface area (Å²) in [5.74, 6) is -0.0777. The van der Waals surface area contributed by atoms with Crippen LogP contribution in [0.3, 0.4) is 0 Å². The van der Waals surface area contributed by atoms with Crippen molar-refractivity contribution in [3.8, 4) is 0 Å². The van der Waals surface area contributed by atoms with E-state index in [4.69, 9.17) is 5.14 Å². The van der Waals surface area contributed by atoms with Crippen LogP contribution in [0.2, 0.25) is 0 Å². The molecule has 2 rings (SSSR count). The van der Waals surface area contributed by atoms with Gasteiger partial charge in [-0.1, -0.05) is 18.2 Å². The topological polar surface area (TPSA) is 84.2 Å². The summed E-state index contributed by atoms with van der Waals surface area (Å²) in [7, 11) is -3.46. The van der Waals surface area contributed by atoms with Gasteiger partial charge >= 0.3 is 0 Å². The summed E-state index contributed by atoms with van der Waals surface area (Å²) >= 11 is 0. The van der Waals surface area contributed by atoms with Crippen molar-refractivity contribution >= 4 is 15.7 Å². The second-order valence-corrected chi connectivity index (χ2v) is 5.19. The number of primary sulfonamides is 1. The highest BCUT2D eigenvalue weighted by Gasteiger charge is 2.22. The number of nitrogens with one attached hydrogen (secondary N) is 2. The van der Waals surface area contributed by atoms with Crippen molar-refractivity contribution in [3.05, 3.63) is 29.8 Å². The van der Waals surface area contributed by atoms with Gasteiger partial charge in [0.25, 0.3) is 0 Å². The van der Waals surface area contributed by atoms with E-state index >= 15 is 0 Å². The van der Waals surface area contributed by atoms with Crippen molar-refractivity contribution in [2.75, 3.05) is 17.7 Å². The lowest BCUT2D eigenvalue weighted by atomic mass is 10.0. The molecule has 0 aromatic heterocycles. The van der Waals surface area contributed by atoms with Crippen molar-refractivity contribution in [1.82, 2.24) is 5.32 Å². The zero-order chi connectivity index (χ0) is 10.9. The standard InChI is InChI=1S/C9H13N3O2S/c10-15(13,14)5-9-7-3-1-2-4-8(7)11-6-12-9/h1-4,9,11-12H,5-6H2,(H2,10,13,14). The molecule has 1 heterocycles. The van der Waals surface area contributed by atoms with Crippen LogP contribution in [0.4, 0.5) is 5.69 Å². The Labute approximate surface area is 88.7 Å². The van der Waals surface area contributed by atoms with E-state index in [1.807, 2.05) is 24.3 Å². The third-order valence-corrected chi connectivity index (χ3v) is 3.16. The molecule has 1 aromatic rings. The monoisotopic (exact) mass is 227 g/mol. The van der Waals surface area contributed by atoms with E-state index in [9.17, 15) is 8.42 Å². The molecule has 5 nitrogen and oxygen atoms in total. The van der Waals surface area contributed by atoms with Gasteiger partial charge in [-0.2, -0.15) is 0 Å². The minimum atomic E-state index is -3.46. The zero-order valence-electron chi connectivity index (χ0n) is 8.10. The number of hydrogen-bond acceptors (Lipinski definition) is 4. The molecule has 1 aliphatic heterocycles. The highest BCUT2D eigenvalue weighted by atomic mass is 32.2. The third-order valence-electron chi connectivity index (χ3n) is 2.36. The Hall–Kier alpha value is -1.11. The molecule has 0 saturated carbocycles. The number of hydrogen-bond donors (Lipinski definition) is 3. The molecule has 0 aliphatic carbocycles. The van der Waals surface area contributed by atoms with Crippen LogP contribution in [-0.4, -0.2) is 20.8 Å². The highest BCUT2D eigenvalue weighted by molar-refractivity contribution is 7.89. The van der Waals surface area contributed by atoms with Gasteiger partial charge in [0.15, 0.2) is 0 Å². The Kier molecular flexibility index (Phi) is 2.64. The van der Waals surface area contributed by atoms with Crippen LogP contribution in [0.1, 0.15) is 11.6 Å². The van der Waals surface area contributed by atoms with Crippen molar-refractivity contribution < 1.29 is 8.42 Å². The first-order chi connectivity index (χ1) is 7.06. The normalized spacial score (nSPS) is 20.5. The Balaban J connectivity index is 2.30. The van der Waals surface area contributed by atoms with Gasteiger partial charge in [-0.25, -0.2) is 13.6 Å². The van der Waals surface area contributed by atoms with Crippen molar-refractivity contribution in [2.45, 2.75) is 6.04 Å². The summed E-state index contributed by atoms with van der Waals surface area (Å²) in [5.41, 5.74) is 1.91. The van der Waals surface area contributed by atoms with E-state index in [-0.39, 0.29) is 11.8 Å². The van der Waals surface area contributed by atoms with Gasteiger partial charge in [0, 0.05) is 5.69 Å². The average molecular weight is 227 g/mol. The number of fused-ring (bicyclic) bond motifs is 1. The van der Waals surface area contributed by atoms with E-state index in [0.717, 1.165) is 11.3 Å². The summed E-state index contributed by atoms with van der Waals surface area (Å²) in [6.45, 7) is 0.553. The summed E-state index contributed by atoms with van der Waals surface area (Å²) in [4.78, 5) is 0. The minimum Gasteiger partial charge on any atom is -0.372 e. The lowest BCUT2D eigenvalue weighted by Gasteiger charge is -2.27. The van der Waals surface area contributed by atoms with Gasteiger partial charge in [-0.3, -0.25) is 5.32 Å². The Morgan fingerprint density at radius 1 is 1.40 bits per heavy atom. The molecule has 1 aromatic carbocycles. The number of anilines is 1. The van der Waals surface area contributed by atoms with E-state index in [2.05, 4.69) is 10.6 Å². The Morgan fingerprint density at radius 2 is 2.13 bits per heavy atom. The number of para-hydroxylation sites is 1. The highest BCUT2D eigenvalue weighted by Crippen LogP contribution is 2.26. The quantitative estimate of drug-likeness (QED) is 0.663. The summed E-state index contributed by atoms with van der Waals surface area (Å²) in [5, 5.41) is 11.2. The van der Waals surface area contributed by atoms with Gasteiger partial charge < -0.3 is 5.32 Å². The molecule has 0 spiro atoms. The molecule has 1 atom stereocenters. The summed E-state index contributed by atoms with van der Waals surface area (Å²) < 4.78 is 22.1. The predicted molar refractivity (Wildman–Crippen MR) is 58.8 cm³/mol. The molecular weight excluding hydrogens is 214 g/mol. The van der Waals surface area contributed by atoms with Crippen LogP contribution >= 0.6 is 0 Å². The fourth-order valence-electron chi connectivity index (χ4n) is 1.72. The van der Waals surface area contributed by atoms with E-state index in [1.165, 1.54) is 0 Å². The van der Waals surface area contributed by atoms with Gasteiger partial charge in [0.05, 0.1) is 18.5 Å². The lowest BCUT2D eigenvalue weighted by Crippen LogP contribution is -2.38. The maximum Gasteiger partial charge on any atom is 0.210 e. The smallest absolute Gasteiger partial charge is 0.210 e. The fourth-order valence-corrected chi connectivity index (χ4v) is 2.48. The van der Waals surface area contributed by atoms with Crippen LogP contribution in [0.25, 0.3) is 0 Å². The number of sulfonamides is 1. The molecule has 0 saturated heterocycles. The maximum atomic E-state index is 11.0. The first kappa shape index (κ1) is 10.4. The molecule has 1 unspecified atom stereocenters. The second kappa shape index (κ2) is 3.80. The van der Waals surface area contributed by atoms with Crippen LogP contribution in [-0.2, 0) is 10.0 Å². The zero-order valence-corrected chi connectivity index (χ0v) is 8.92. The Bertz CT molecular complexity index is 458. The summed E-state index contributed by atoms with van der Waals surface area (Å²) in [6.07, 6.45) is 0. The molecule has 0 amide bonds. The van der Waals surface area contributed by atoms with Crippen LogP contribution in [0, 0.1) is 0 Å². The molecule has 1 aliphatic rings. The number of rotatable bonds is 2. The van der Waals surface area contributed by atoms with Crippen LogP contribution in [0.5, 0.6) is 0 Å². The van der Waals surface area contributed by atoms with Crippen molar-refractivity contribution in [1.29, 1.82) is 0 Å². The van der Waals surface area contributed by atoms with E-state index in [0.29, 0.717) is 6.67 Å². The molecule has 82 valence electrons. The van der Waals surface area contributed by atoms with E-state index in [1.54, 1.807) is 0 Å². The SMILES string of the molecule is NS(=O)(=O)CC1NCNc2ccccc21. The maximum absolute atomic E-state index is 11.0. The largest absolute Gasteiger partial charge is 0.372 e. The minimum absolute atomic E-state index is 0.0777. The van der Waals surface area contributed by atoms with Crippen molar-refractivity contribution in [2.24, 2.45) is 5.14 Å². The second-order valence-electron chi connectivity index (χ2n) is 3.53. The fraction of sp³-hybridized carbons (Fsp3) is 0.333. The Morgan fingerprint density at radius 3 is 2.87 bits per heavy atom. The predicted octanol–water partition coefficient (Wildman–Crippen LogP) is -0.0112. The lowest BCUT2D eigenvalue weighted by molar-refractivity contribution is 0.553. The molecule has 0 bridgehead atoms. The first-order valence-corrected chi connectivity index (χ1v) is 6.34. The van der Waals surface area contributed by atoms with E-state index < -0.39 is 10.0 Å². The molecule has 6 heteroatoms. The average Bonchev–Trinajstić information content (AvgIpc) is 2.16. The van der Waals surface area contributed by atoms with Crippen molar-refractivity contribution in [3.63, 3.8) is 0 Å². The molecular formula is C9H13N3O2S. The van der Waals surface area contributed by atoms with Gasteiger partial charge in [0.2, 0.25) is 10.0 Å². The van der Waals surface area contributed by atoms with Gasteiger partial charge in [-0.05, 0) is 11.6 Å². The molecule has 0 fully saturated rings. The third kappa shape index (κ3) is 2.47. The van der Waals surface area contributed by atoms with Crippen LogP contribution < -0.4 is 15.8 Å².